The van der Waals surface area contributed by atoms with E-state index in [1.54, 1.807) is 0 Å². The molecule has 0 saturated heterocycles. The third-order valence-corrected chi connectivity index (χ3v) is 2.05. The Balaban J connectivity index is 3.57. The van der Waals surface area contributed by atoms with Crippen molar-refractivity contribution in [2.24, 2.45) is 5.92 Å². The van der Waals surface area contributed by atoms with Gasteiger partial charge in [-0.3, -0.25) is 4.79 Å². The van der Waals surface area contributed by atoms with Crippen LogP contribution in [-0.2, 0) is 4.79 Å². The quantitative estimate of drug-likeness (QED) is 0.644. The second kappa shape index (κ2) is 5.81. The van der Waals surface area contributed by atoms with Crippen LogP contribution >= 0.6 is 0 Å². The van der Waals surface area contributed by atoms with Crippen LogP contribution in [0.25, 0.3) is 0 Å². The lowest BCUT2D eigenvalue weighted by atomic mass is 9.99. The zero-order chi connectivity index (χ0) is 9.56. The Labute approximate surface area is 74.3 Å². The molecular weight excluding hydrogens is 152 g/mol. The number of carbonyl (C=O) groups is 1. The lowest BCUT2D eigenvalue weighted by Gasteiger charge is -2.07. The summed E-state index contributed by atoms with van der Waals surface area (Å²) >= 11 is 0. The highest BCUT2D eigenvalue weighted by Crippen LogP contribution is 2.14. The molecule has 0 aromatic heterocycles. The Morgan fingerprint density at radius 1 is 1.58 bits per heavy atom. The molecule has 0 heterocycles. The molecule has 1 unspecified atom stereocenters. The van der Waals surface area contributed by atoms with Crippen molar-refractivity contribution < 1.29 is 9.90 Å². The summed E-state index contributed by atoms with van der Waals surface area (Å²) in [5, 5.41) is 8.49. The number of allylic oxidation sites excluding steroid dienone is 2. The maximum Gasteiger partial charge on any atom is 0.303 e. The van der Waals surface area contributed by atoms with Crippen molar-refractivity contribution >= 4 is 5.97 Å². The predicted octanol–water partition coefficient (Wildman–Crippen LogP) is 2.84. The average Bonchev–Trinajstić information content (AvgIpc) is 1.99. The van der Waals surface area contributed by atoms with Gasteiger partial charge in [0.05, 0.1) is 0 Å². The van der Waals surface area contributed by atoms with Crippen molar-refractivity contribution in [1.82, 2.24) is 0 Å². The molecule has 0 aromatic rings. The van der Waals surface area contributed by atoms with Gasteiger partial charge in [-0.2, -0.15) is 0 Å². The van der Waals surface area contributed by atoms with Gasteiger partial charge in [-0.05, 0) is 32.6 Å². The van der Waals surface area contributed by atoms with Crippen molar-refractivity contribution in [3.05, 3.63) is 11.6 Å². The van der Waals surface area contributed by atoms with Crippen LogP contribution in [0, 0.1) is 5.92 Å². The van der Waals surface area contributed by atoms with Gasteiger partial charge in [0.2, 0.25) is 0 Å². The smallest absolute Gasteiger partial charge is 0.303 e. The fourth-order valence-electron chi connectivity index (χ4n) is 1.02. The first-order valence-electron chi connectivity index (χ1n) is 4.39. The molecule has 2 nitrogen and oxygen atoms in total. The van der Waals surface area contributed by atoms with Crippen LogP contribution in [0.3, 0.4) is 0 Å². The van der Waals surface area contributed by atoms with Gasteiger partial charge in [0.1, 0.15) is 0 Å². The van der Waals surface area contributed by atoms with E-state index in [2.05, 4.69) is 13.0 Å². The van der Waals surface area contributed by atoms with Crippen LogP contribution < -0.4 is 0 Å². The minimum Gasteiger partial charge on any atom is -0.481 e. The summed E-state index contributed by atoms with van der Waals surface area (Å²) in [6, 6.07) is 0. The van der Waals surface area contributed by atoms with E-state index in [9.17, 15) is 4.79 Å². The molecule has 0 saturated carbocycles. The maximum absolute atomic E-state index is 10.3. The number of carboxylic acid groups (broad SMARTS) is 1. The van der Waals surface area contributed by atoms with Crippen LogP contribution in [0.15, 0.2) is 11.6 Å². The monoisotopic (exact) mass is 170 g/mol. The summed E-state index contributed by atoms with van der Waals surface area (Å²) in [5.74, 6) is -0.405. The minimum absolute atomic E-state index is 0.289. The van der Waals surface area contributed by atoms with Crippen LogP contribution in [0.2, 0.25) is 0 Å². The number of hydrogen-bond acceptors (Lipinski definition) is 1. The molecule has 0 aliphatic rings. The highest BCUT2D eigenvalue weighted by molar-refractivity contribution is 5.66. The highest BCUT2D eigenvalue weighted by Gasteiger charge is 2.06. The van der Waals surface area contributed by atoms with Crippen molar-refractivity contribution in [2.75, 3.05) is 0 Å². The molecule has 0 aliphatic carbocycles. The molecule has 70 valence electrons. The standard InChI is InChI=1S/C10H18O2/c1-4-8(2)5-6-9(3)7-10(11)12/h4,9H,5-7H2,1-3H3,(H,11,12). The van der Waals surface area contributed by atoms with Crippen molar-refractivity contribution in [3.63, 3.8) is 0 Å². The van der Waals surface area contributed by atoms with Gasteiger partial charge in [-0.25, -0.2) is 0 Å². The van der Waals surface area contributed by atoms with Gasteiger partial charge in [-0.1, -0.05) is 18.6 Å². The van der Waals surface area contributed by atoms with E-state index in [4.69, 9.17) is 5.11 Å². The van der Waals surface area contributed by atoms with Crippen molar-refractivity contribution in [1.29, 1.82) is 0 Å². The lowest BCUT2D eigenvalue weighted by molar-refractivity contribution is -0.138. The molecule has 2 heteroatoms. The molecule has 1 N–H and O–H groups in total. The second-order valence-corrected chi connectivity index (χ2v) is 3.38. The van der Waals surface area contributed by atoms with Crippen LogP contribution in [0.1, 0.15) is 40.0 Å². The van der Waals surface area contributed by atoms with Gasteiger partial charge in [0.25, 0.3) is 0 Å². The molecule has 0 amide bonds. The maximum atomic E-state index is 10.3. The molecule has 0 aromatic carbocycles. The zero-order valence-electron chi connectivity index (χ0n) is 8.13. The molecular formula is C10H18O2. The first-order valence-corrected chi connectivity index (χ1v) is 4.39. The lowest BCUT2D eigenvalue weighted by Crippen LogP contribution is -2.04. The largest absolute Gasteiger partial charge is 0.481 e. The van der Waals surface area contributed by atoms with Gasteiger partial charge >= 0.3 is 5.97 Å². The normalized spacial score (nSPS) is 14.4. The fourth-order valence-corrected chi connectivity index (χ4v) is 1.02. The van der Waals surface area contributed by atoms with Crippen LogP contribution in [0.5, 0.6) is 0 Å². The van der Waals surface area contributed by atoms with Gasteiger partial charge in [-0.15, -0.1) is 0 Å². The molecule has 0 spiro atoms. The Morgan fingerprint density at radius 2 is 2.17 bits per heavy atom. The zero-order valence-corrected chi connectivity index (χ0v) is 8.13. The molecule has 12 heavy (non-hydrogen) atoms. The molecule has 0 aliphatic heterocycles. The average molecular weight is 170 g/mol. The third kappa shape index (κ3) is 5.96. The Kier molecular flexibility index (Phi) is 5.43. The molecule has 0 fully saturated rings. The van der Waals surface area contributed by atoms with Gasteiger partial charge in [0, 0.05) is 6.42 Å². The van der Waals surface area contributed by atoms with Crippen LogP contribution in [0.4, 0.5) is 0 Å². The Bertz CT molecular complexity index is 171. The van der Waals surface area contributed by atoms with E-state index in [0.29, 0.717) is 0 Å². The van der Waals surface area contributed by atoms with E-state index >= 15 is 0 Å². The third-order valence-electron chi connectivity index (χ3n) is 2.05. The molecule has 1 atom stereocenters. The number of hydrogen-bond donors (Lipinski definition) is 1. The topological polar surface area (TPSA) is 37.3 Å². The van der Waals surface area contributed by atoms with E-state index in [1.165, 1.54) is 5.57 Å². The fraction of sp³-hybridized carbons (Fsp3) is 0.700. The summed E-state index contributed by atoms with van der Waals surface area (Å²) in [5.41, 5.74) is 1.34. The van der Waals surface area contributed by atoms with E-state index in [1.807, 2.05) is 13.8 Å². The van der Waals surface area contributed by atoms with Crippen molar-refractivity contribution in [2.45, 2.75) is 40.0 Å². The Hall–Kier alpha value is -0.790. The first kappa shape index (κ1) is 11.2. The van der Waals surface area contributed by atoms with E-state index in [-0.39, 0.29) is 12.3 Å². The summed E-state index contributed by atoms with van der Waals surface area (Å²) in [4.78, 5) is 10.3. The first-order chi connectivity index (χ1) is 5.56. The van der Waals surface area contributed by atoms with E-state index in [0.717, 1.165) is 12.8 Å². The summed E-state index contributed by atoms with van der Waals surface area (Å²) < 4.78 is 0. The summed E-state index contributed by atoms with van der Waals surface area (Å²) in [6.45, 7) is 6.07. The highest BCUT2D eigenvalue weighted by atomic mass is 16.4. The predicted molar refractivity (Wildman–Crippen MR) is 50.1 cm³/mol. The van der Waals surface area contributed by atoms with Crippen molar-refractivity contribution in [3.8, 4) is 0 Å². The minimum atomic E-state index is -0.694. The van der Waals surface area contributed by atoms with Gasteiger partial charge in [0.15, 0.2) is 0 Å². The summed E-state index contributed by atoms with van der Waals surface area (Å²) in [6.07, 6.45) is 4.36. The van der Waals surface area contributed by atoms with Crippen LogP contribution in [-0.4, -0.2) is 11.1 Å². The molecule has 0 rings (SSSR count). The summed E-state index contributed by atoms with van der Waals surface area (Å²) in [7, 11) is 0. The van der Waals surface area contributed by atoms with Gasteiger partial charge < -0.3 is 5.11 Å². The number of aliphatic carboxylic acids is 1. The number of rotatable bonds is 5. The SMILES string of the molecule is CC=C(C)CCC(C)CC(=O)O. The molecule has 0 radical (unpaired) electrons. The Morgan fingerprint density at radius 3 is 2.58 bits per heavy atom. The second-order valence-electron chi connectivity index (χ2n) is 3.38. The molecule has 0 bridgehead atoms. The number of carboxylic acids is 1. The van der Waals surface area contributed by atoms with E-state index < -0.39 is 5.97 Å².